The van der Waals surface area contributed by atoms with Gasteiger partial charge >= 0.3 is 0 Å². The molecule has 0 radical (unpaired) electrons. The van der Waals surface area contributed by atoms with Crippen LogP contribution in [0.2, 0.25) is 5.02 Å². The number of halogens is 1. The van der Waals surface area contributed by atoms with Crippen molar-refractivity contribution in [2.75, 3.05) is 32.7 Å². The van der Waals surface area contributed by atoms with E-state index in [9.17, 15) is 9.59 Å². The van der Waals surface area contributed by atoms with Gasteiger partial charge in [0.25, 0.3) is 11.8 Å². The molecule has 0 N–H and O–H groups in total. The number of nitrogens with zero attached hydrogens (tertiary/aromatic N) is 3. The molecule has 5 nitrogen and oxygen atoms in total. The van der Waals surface area contributed by atoms with Crippen molar-refractivity contribution in [3.05, 3.63) is 69.7 Å². The molecule has 0 unspecified atom stereocenters. The number of rotatable bonds is 3. The summed E-state index contributed by atoms with van der Waals surface area (Å²) in [6.45, 7) is 4.84. The molecule has 2 aliphatic heterocycles. The summed E-state index contributed by atoms with van der Waals surface area (Å²) in [4.78, 5) is 32.5. The molecule has 2 aromatic rings. The predicted octanol–water partition coefficient (Wildman–Crippen LogP) is 4.63. The lowest BCUT2D eigenvalue weighted by atomic mass is 9.93. The number of hydrogen-bond donors (Lipinski definition) is 0. The third-order valence-corrected chi connectivity index (χ3v) is 7.79. The van der Waals surface area contributed by atoms with Crippen molar-refractivity contribution >= 4 is 23.4 Å². The van der Waals surface area contributed by atoms with Crippen molar-refractivity contribution in [2.24, 2.45) is 0 Å². The van der Waals surface area contributed by atoms with Gasteiger partial charge in [-0.2, -0.15) is 0 Å². The van der Waals surface area contributed by atoms with Crippen LogP contribution in [0, 0.1) is 0 Å². The summed E-state index contributed by atoms with van der Waals surface area (Å²) in [5.74, 6) is 0.161. The first-order valence-electron chi connectivity index (χ1n) is 12.3. The number of carbonyl (C=O) groups is 2. The molecule has 6 heteroatoms. The molecular formula is C27H32ClN3O2. The van der Waals surface area contributed by atoms with Crippen LogP contribution in [-0.4, -0.2) is 65.3 Å². The molecule has 0 spiro atoms. The number of fused-ring (bicyclic) bond motifs is 1. The Labute approximate surface area is 201 Å². The highest BCUT2D eigenvalue weighted by molar-refractivity contribution is 6.30. The van der Waals surface area contributed by atoms with Gasteiger partial charge in [-0.25, -0.2) is 0 Å². The van der Waals surface area contributed by atoms with Crippen molar-refractivity contribution in [3.8, 4) is 0 Å². The predicted molar refractivity (Wildman–Crippen MR) is 131 cm³/mol. The molecule has 2 amide bonds. The average molecular weight is 466 g/mol. The lowest BCUT2D eigenvalue weighted by Crippen LogP contribution is -2.52. The fourth-order valence-electron chi connectivity index (χ4n) is 5.55. The molecule has 1 saturated carbocycles. The van der Waals surface area contributed by atoms with Gasteiger partial charge in [-0.3, -0.25) is 14.5 Å². The van der Waals surface area contributed by atoms with E-state index in [1.54, 1.807) is 24.3 Å². The molecule has 5 rings (SSSR count). The maximum atomic E-state index is 13.2. The van der Waals surface area contributed by atoms with Crippen LogP contribution < -0.4 is 0 Å². The van der Waals surface area contributed by atoms with E-state index in [0.29, 0.717) is 23.7 Å². The third-order valence-electron chi connectivity index (χ3n) is 7.54. The minimum Gasteiger partial charge on any atom is -0.336 e. The van der Waals surface area contributed by atoms with E-state index in [0.717, 1.165) is 49.8 Å². The van der Waals surface area contributed by atoms with Crippen molar-refractivity contribution < 1.29 is 9.59 Å². The lowest BCUT2D eigenvalue weighted by Gasteiger charge is -2.40. The van der Waals surface area contributed by atoms with Crippen LogP contribution in [0.25, 0.3) is 0 Å². The summed E-state index contributed by atoms with van der Waals surface area (Å²) in [5, 5.41) is 0.628. The Hall–Kier alpha value is -2.37. The summed E-state index contributed by atoms with van der Waals surface area (Å²) < 4.78 is 0. The van der Waals surface area contributed by atoms with Crippen LogP contribution >= 0.6 is 11.6 Å². The van der Waals surface area contributed by atoms with Crippen LogP contribution in [0.3, 0.4) is 0 Å². The maximum absolute atomic E-state index is 13.2. The maximum Gasteiger partial charge on any atom is 0.254 e. The molecule has 33 heavy (non-hydrogen) atoms. The van der Waals surface area contributed by atoms with Crippen LogP contribution in [0.1, 0.15) is 63.9 Å². The van der Waals surface area contributed by atoms with Gasteiger partial charge in [-0.15, -0.1) is 0 Å². The molecule has 2 heterocycles. The fraction of sp³-hybridized carbons (Fsp3) is 0.481. The first-order valence-corrected chi connectivity index (χ1v) is 12.7. The normalized spacial score (nSPS) is 19.9. The zero-order valence-electron chi connectivity index (χ0n) is 19.1. The average Bonchev–Trinajstić information content (AvgIpc) is 2.88. The van der Waals surface area contributed by atoms with Gasteiger partial charge in [0.15, 0.2) is 0 Å². The lowest BCUT2D eigenvalue weighted by molar-refractivity contribution is 0.0522. The molecule has 3 aliphatic rings. The van der Waals surface area contributed by atoms with Crippen LogP contribution in [0.5, 0.6) is 0 Å². The number of piperazine rings is 1. The van der Waals surface area contributed by atoms with Crippen LogP contribution in [-0.2, 0) is 13.0 Å². The molecule has 0 aromatic heterocycles. The largest absolute Gasteiger partial charge is 0.336 e. The van der Waals surface area contributed by atoms with E-state index >= 15 is 0 Å². The van der Waals surface area contributed by atoms with Crippen LogP contribution in [0.15, 0.2) is 42.5 Å². The van der Waals surface area contributed by atoms with Gasteiger partial charge in [-0.05, 0) is 66.8 Å². The van der Waals surface area contributed by atoms with Crippen molar-refractivity contribution in [1.29, 1.82) is 0 Å². The van der Waals surface area contributed by atoms with Gasteiger partial charge in [0.2, 0.25) is 0 Å². The minimum absolute atomic E-state index is 0.0216. The summed E-state index contributed by atoms with van der Waals surface area (Å²) in [6, 6.07) is 13.8. The quantitative estimate of drug-likeness (QED) is 0.663. The second kappa shape index (κ2) is 9.86. The second-order valence-corrected chi connectivity index (χ2v) is 10.0. The van der Waals surface area contributed by atoms with E-state index in [1.165, 1.54) is 37.7 Å². The monoisotopic (exact) mass is 465 g/mol. The highest BCUT2D eigenvalue weighted by Gasteiger charge is 2.28. The smallest absolute Gasteiger partial charge is 0.254 e. The van der Waals surface area contributed by atoms with Crippen LogP contribution in [0.4, 0.5) is 0 Å². The minimum atomic E-state index is 0.0216. The highest BCUT2D eigenvalue weighted by Crippen LogP contribution is 2.25. The second-order valence-electron chi connectivity index (χ2n) is 9.59. The molecular weight excluding hydrogens is 434 g/mol. The fourth-order valence-corrected chi connectivity index (χ4v) is 5.68. The van der Waals surface area contributed by atoms with Gasteiger partial charge in [0, 0.05) is 61.5 Å². The topological polar surface area (TPSA) is 43.9 Å². The summed E-state index contributed by atoms with van der Waals surface area (Å²) in [6.07, 6.45) is 7.47. The molecule has 1 saturated heterocycles. The SMILES string of the molecule is O=C(c1ccc2c(c1)CCN(C(=O)c1ccc(Cl)cc1)C2)N1CCN(C2CCCCC2)CC1. The molecule has 0 bridgehead atoms. The van der Waals surface area contributed by atoms with E-state index in [2.05, 4.69) is 11.0 Å². The highest BCUT2D eigenvalue weighted by atomic mass is 35.5. The number of amides is 2. The van der Waals surface area contributed by atoms with Crippen molar-refractivity contribution in [2.45, 2.75) is 51.1 Å². The third kappa shape index (κ3) is 4.95. The van der Waals surface area contributed by atoms with Gasteiger partial charge in [0.1, 0.15) is 0 Å². The van der Waals surface area contributed by atoms with Crippen molar-refractivity contribution in [1.82, 2.24) is 14.7 Å². The zero-order chi connectivity index (χ0) is 22.8. The number of hydrogen-bond acceptors (Lipinski definition) is 3. The molecule has 0 atom stereocenters. The van der Waals surface area contributed by atoms with E-state index in [-0.39, 0.29) is 11.8 Å². The molecule has 2 aromatic carbocycles. The Morgan fingerprint density at radius 1 is 0.727 bits per heavy atom. The Kier molecular flexibility index (Phi) is 6.70. The Morgan fingerprint density at radius 3 is 2.12 bits per heavy atom. The Balaban J connectivity index is 1.20. The Bertz CT molecular complexity index is 1010. The van der Waals surface area contributed by atoms with E-state index in [1.807, 2.05) is 21.9 Å². The van der Waals surface area contributed by atoms with Gasteiger partial charge < -0.3 is 9.80 Å². The number of benzene rings is 2. The first-order chi connectivity index (χ1) is 16.1. The molecule has 1 aliphatic carbocycles. The first kappa shape index (κ1) is 22.4. The van der Waals surface area contributed by atoms with Gasteiger partial charge in [-0.1, -0.05) is 36.9 Å². The zero-order valence-corrected chi connectivity index (χ0v) is 19.9. The van der Waals surface area contributed by atoms with E-state index < -0.39 is 0 Å². The van der Waals surface area contributed by atoms with Crippen molar-refractivity contribution in [3.63, 3.8) is 0 Å². The molecule has 174 valence electrons. The molecule has 2 fully saturated rings. The summed E-state index contributed by atoms with van der Waals surface area (Å²) >= 11 is 5.95. The summed E-state index contributed by atoms with van der Waals surface area (Å²) in [7, 11) is 0. The number of carbonyl (C=O) groups excluding carboxylic acids is 2. The summed E-state index contributed by atoms with van der Waals surface area (Å²) in [5.41, 5.74) is 3.74. The van der Waals surface area contributed by atoms with Gasteiger partial charge in [0.05, 0.1) is 0 Å². The Morgan fingerprint density at radius 2 is 1.39 bits per heavy atom. The van der Waals surface area contributed by atoms with E-state index in [4.69, 9.17) is 11.6 Å². The standard InChI is InChI=1S/C27H32ClN3O2/c28-24-10-8-20(9-11-24)26(32)31-13-12-21-18-22(6-7-23(21)19-31)27(33)30-16-14-29(15-17-30)25-4-2-1-3-5-25/h6-11,18,25H,1-5,12-17,19H2.